The van der Waals surface area contributed by atoms with Crippen LogP contribution in [0.25, 0.3) is 11.1 Å². The first kappa shape index (κ1) is 16.6. The zero-order valence-corrected chi connectivity index (χ0v) is 14.2. The van der Waals surface area contributed by atoms with E-state index in [9.17, 15) is 14.4 Å². The molecule has 2 aromatic rings. The molecule has 0 atom stereocenters. The van der Waals surface area contributed by atoms with Crippen molar-refractivity contribution in [1.29, 1.82) is 5.26 Å². The topological polar surface area (TPSA) is 90.8 Å². The van der Waals surface area contributed by atoms with Crippen molar-refractivity contribution in [2.45, 2.75) is 18.9 Å². The minimum absolute atomic E-state index is 0.0218. The number of nitrogens with zero attached hydrogens (tertiary/aromatic N) is 2. The predicted octanol–water partition coefficient (Wildman–Crippen LogP) is 2.34. The first-order chi connectivity index (χ1) is 11.6. The molecule has 1 fully saturated rings. The average Bonchev–Trinajstić information content (AvgIpc) is 2.59. The lowest BCUT2D eigenvalue weighted by atomic mass is 10.0. The molecule has 0 saturated carbocycles. The Morgan fingerprint density at radius 1 is 1.38 bits per heavy atom. The average molecular weight is 393 g/mol. The lowest BCUT2D eigenvalue weighted by Crippen LogP contribution is -2.34. The number of benzene rings is 1. The fraction of sp³-hybridized carbons (Fsp3) is 0.312. The maximum absolute atomic E-state index is 13.9. The Morgan fingerprint density at radius 2 is 2.12 bits per heavy atom. The summed E-state index contributed by atoms with van der Waals surface area (Å²) in [5.41, 5.74) is -0.0996. The number of ether oxygens (including phenoxy) is 1. The molecule has 1 aromatic heterocycles. The fourth-order valence-electron chi connectivity index (χ4n) is 2.62. The summed E-state index contributed by atoms with van der Waals surface area (Å²) in [6.45, 7) is 1.59. The molecule has 2 N–H and O–H groups in total. The maximum Gasteiger partial charge on any atom is 0.275 e. The molecule has 0 unspecified atom stereocenters. The number of rotatable bonds is 3. The minimum atomic E-state index is -0.528. The number of aromatic nitrogens is 2. The second-order valence-electron chi connectivity index (χ2n) is 5.41. The molecule has 2 heterocycles. The van der Waals surface area contributed by atoms with Gasteiger partial charge in [-0.05, 0) is 59.6 Å². The normalized spacial score (nSPS) is 15.0. The van der Waals surface area contributed by atoms with Gasteiger partial charge in [-0.25, -0.2) is 9.49 Å². The van der Waals surface area contributed by atoms with E-state index in [-0.39, 0.29) is 27.6 Å². The van der Waals surface area contributed by atoms with E-state index in [0.717, 1.165) is 25.9 Å². The molecule has 0 spiro atoms. The van der Waals surface area contributed by atoms with Crippen LogP contribution in [0, 0.1) is 17.1 Å². The quantitative estimate of drug-likeness (QED) is 0.836. The summed E-state index contributed by atoms with van der Waals surface area (Å²) in [5, 5.41) is 18.5. The summed E-state index contributed by atoms with van der Waals surface area (Å²) in [6, 6.07) is 6.25. The highest BCUT2D eigenvalue weighted by molar-refractivity contribution is 9.10. The number of hydrogen-bond acceptors (Lipinski definition) is 5. The summed E-state index contributed by atoms with van der Waals surface area (Å²) >= 11 is 3.08. The van der Waals surface area contributed by atoms with Gasteiger partial charge in [0.25, 0.3) is 5.56 Å². The summed E-state index contributed by atoms with van der Waals surface area (Å²) in [6.07, 6.45) is 1.39. The van der Waals surface area contributed by atoms with Gasteiger partial charge in [0.1, 0.15) is 18.0 Å². The Balaban J connectivity index is 2.11. The second-order valence-corrected chi connectivity index (χ2v) is 6.27. The maximum atomic E-state index is 13.9. The van der Waals surface area contributed by atoms with Gasteiger partial charge in [0, 0.05) is 0 Å². The molecule has 1 aliphatic heterocycles. The van der Waals surface area contributed by atoms with Crippen LogP contribution in [0.1, 0.15) is 18.5 Å². The SMILES string of the molecule is N#Cc1n[nH]c(=O)c(-c2ccc(Br)c(F)c2)c1OC1CCNCC1. The number of H-pyrrole nitrogens is 1. The zero-order chi connectivity index (χ0) is 17.1. The van der Waals surface area contributed by atoms with Crippen LogP contribution in [0.3, 0.4) is 0 Å². The molecule has 1 aromatic carbocycles. The predicted molar refractivity (Wildman–Crippen MR) is 89.2 cm³/mol. The van der Waals surface area contributed by atoms with Crippen LogP contribution in [0.15, 0.2) is 27.5 Å². The van der Waals surface area contributed by atoms with E-state index in [0.29, 0.717) is 5.56 Å². The minimum Gasteiger partial charge on any atom is -0.486 e. The standard InChI is InChI=1S/C16H14BrFN4O2/c17-11-2-1-9(7-12(11)18)14-15(13(8-19)21-22-16(14)23)24-10-3-5-20-6-4-10/h1-2,7,10,20H,3-6H2,(H,22,23). The van der Waals surface area contributed by atoms with E-state index in [2.05, 4.69) is 31.4 Å². The number of aromatic amines is 1. The van der Waals surface area contributed by atoms with Crippen molar-refractivity contribution in [1.82, 2.24) is 15.5 Å². The lowest BCUT2D eigenvalue weighted by Gasteiger charge is -2.25. The molecular formula is C16H14BrFN4O2. The number of halogens is 2. The molecule has 0 aliphatic carbocycles. The fourth-order valence-corrected chi connectivity index (χ4v) is 2.87. The third-order valence-electron chi connectivity index (χ3n) is 3.82. The molecule has 8 heteroatoms. The van der Waals surface area contributed by atoms with Crippen LogP contribution >= 0.6 is 15.9 Å². The summed E-state index contributed by atoms with van der Waals surface area (Å²) in [4.78, 5) is 12.3. The van der Waals surface area contributed by atoms with E-state index >= 15 is 0 Å². The number of nitrogens with one attached hydrogen (secondary N) is 2. The molecule has 124 valence electrons. The van der Waals surface area contributed by atoms with Crippen molar-refractivity contribution < 1.29 is 9.13 Å². The van der Waals surface area contributed by atoms with Crippen molar-refractivity contribution in [3.8, 4) is 22.9 Å². The van der Waals surface area contributed by atoms with Crippen LogP contribution in [0.4, 0.5) is 4.39 Å². The highest BCUT2D eigenvalue weighted by Gasteiger charge is 2.23. The van der Waals surface area contributed by atoms with Gasteiger partial charge >= 0.3 is 0 Å². The van der Waals surface area contributed by atoms with Crippen LogP contribution in [-0.4, -0.2) is 29.4 Å². The summed E-state index contributed by atoms with van der Waals surface area (Å²) in [7, 11) is 0. The van der Waals surface area contributed by atoms with E-state index in [4.69, 9.17) is 4.74 Å². The van der Waals surface area contributed by atoms with Gasteiger partial charge < -0.3 is 10.1 Å². The largest absolute Gasteiger partial charge is 0.486 e. The van der Waals surface area contributed by atoms with E-state index in [1.54, 1.807) is 6.07 Å². The van der Waals surface area contributed by atoms with Crippen LogP contribution < -0.4 is 15.6 Å². The van der Waals surface area contributed by atoms with Crippen LogP contribution in [0.2, 0.25) is 0 Å². The first-order valence-electron chi connectivity index (χ1n) is 7.45. The molecule has 0 radical (unpaired) electrons. The molecule has 1 aliphatic rings. The van der Waals surface area contributed by atoms with Crippen molar-refractivity contribution in [3.63, 3.8) is 0 Å². The Hall–Kier alpha value is -2.24. The van der Waals surface area contributed by atoms with Crippen molar-refractivity contribution in [2.24, 2.45) is 0 Å². The van der Waals surface area contributed by atoms with E-state index in [1.165, 1.54) is 12.1 Å². The molecule has 0 bridgehead atoms. The molecule has 0 amide bonds. The smallest absolute Gasteiger partial charge is 0.275 e. The highest BCUT2D eigenvalue weighted by atomic mass is 79.9. The Morgan fingerprint density at radius 3 is 2.79 bits per heavy atom. The van der Waals surface area contributed by atoms with Crippen LogP contribution in [0.5, 0.6) is 5.75 Å². The Kier molecular flexibility index (Phi) is 4.92. The Bertz CT molecular complexity index is 856. The third-order valence-corrected chi connectivity index (χ3v) is 4.47. The molecular weight excluding hydrogens is 379 g/mol. The van der Waals surface area contributed by atoms with Gasteiger partial charge in [0.2, 0.25) is 5.69 Å². The highest BCUT2D eigenvalue weighted by Crippen LogP contribution is 2.32. The molecule has 3 rings (SSSR count). The van der Waals surface area contributed by atoms with Crippen LogP contribution in [-0.2, 0) is 0 Å². The van der Waals surface area contributed by atoms with Crippen molar-refractivity contribution in [2.75, 3.05) is 13.1 Å². The number of piperidine rings is 1. The third kappa shape index (κ3) is 3.32. The Labute approximate surface area is 145 Å². The molecule has 24 heavy (non-hydrogen) atoms. The molecule has 6 nitrogen and oxygen atoms in total. The number of hydrogen-bond donors (Lipinski definition) is 2. The van der Waals surface area contributed by atoms with Gasteiger partial charge in [-0.1, -0.05) is 6.07 Å². The van der Waals surface area contributed by atoms with E-state index < -0.39 is 11.4 Å². The first-order valence-corrected chi connectivity index (χ1v) is 8.25. The molecule has 1 saturated heterocycles. The summed E-state index contributed by atoms with van der Waals surface area (Å²) in [5.74, 6) is -0.398. The second kappa shape index (κ2) is 7.11. The van der Waals surface area contributed by atoms with Crippen molar-refractivity contribution >= 4 is 15.9 Å². The van der Waals surface area contributed by atoms with Gasteiger partial charge in [-0.2, -0.15) is 10.4 Å². The zero-order valence-electron chi connectivity index (χ0n) is 12.6. The van der Waals surface area contributed by atoms with Gasteiger partial charge in [-0.15, -0.1) is 0 Å². The van der Waals surface area contributed by atoms with Gasteiger partial charge in [0.15, 0.2) is 5.75 Å². The summed E-state index contributed by atoms with van der Waals surface area (Å²) < 4.78 is 20.1. The van der Waals surface area contributed by atoms with Gasteiger partial charge in [0.05, 0.1) is 10.0 Å². The van der Waals surface area contributed by atoms with Gasteiger partial charge in [-0.3, -0.25) is 4.79 Å². The lowest BCUT2D eigenvalue weighted by molar-refractivity contribution is 0.161. The monoisotopic (exact) mass is 392 g/mol. The van der Waals surface area contributed by atoms with E-state index in [1.807, 2.05) is 6.07 Å². The van der Waals surface area contributed by atoms with Crippen molar-refractivity contribution in [3.05, 3.63) is 44.5 Å². The number of nitriles is 1.